The van der Waals surface area contributed by atoms with E-state index in [1.54, 1.807) is 18.2 Å². The number of hydrogen-bond donors (Lipinski definition) is 2. The Balaban J connectivity index is 0.00000188. The van der Waals surface area contributed by atoms with Crippen LogP contribution in [0.1, 0.15) is 50.7 Å². The summed E-state index contributed by atoms with van der Waals surface area (Å²) in [4.78, 5) is 36.5. The summed E-state index contributed by atoms with van der Waals surface area (Å²) in [5.74, 6) is 1.79. The fourth-order valence-electron chi connectivity index (χ4n) is 5.25. The van der Waals surface area contributed by atoms with Gasteiger partial charge in [0.2, 0.25) is 0 Å². The molecule has 6 bridgehead atoms. The molecule has 0 spiro atoms. The Morgan fingerprint density at radius 3 is 1.84 bits per heavy atom. The summed E-state index contributed by atoms with van der Waals surface area (Å²) in [7, 11) is 0. The quantitative estimate of drug-likeness (QED) is 0.222. The molecule has 2 aromatic carbocycles. The molecule has 220 valence electrons. The van der Waals surface area contributed by atoms with Crippen LogP contribution >= 0.6 is 0 Å². The number of hydrogen-bond acceptors (Lipinski definition) is 6. The zero-order chi connectivity index (χ0) is 31.2. The van der Waals surface area contributed by atoms with Gasteiger partial charge in [-0.3, -0.25) is 0 Å². The molecule has 0 amide bonds. The number of nitrogens with one attached hydrogen (secondary N) is 2. The first-order chi connectivity index (χ1) is 21.6. The highest BCUT2D eigenvalue weighted by Crippen LogP contribution is 2.38. The molecule has 8 heteroatoms. The Morgan fingerprint density at radius 2 is 1.27 bits per heavy atom. The molecule has 0 saturated carbocycles. The van der Waals surface area contributed by atoms with Crippen molar-refractivity contribution in [2.75, 3.05) is 0 Å². The van der Waals surface area contributed by atoms with Crippen molar-refractivity contribution >= 4 is 33.7 Å². The molecule has 2 aromatic heterocycles. The summed E-state index contributed by atoms with van der Waals surface area (Å²) in [6.45, 7) is 22.1. The highest BCUT2D eigenvalue weighted by Gasteiger charge is 2.31. The third-order valence-electron chi connectivity index (χ3n) is 7.37. The molecule has 0 fully saturated rings. The fraction of sp³-hybridized carbons (Fsp3) is 0.167. The largest absolute Gasteiger partial charge is 0.325 e. The molecular formula is C36H36N8. The monoisotopic (exact) mass is 580 g/mol. The molecule has 0 radical (unpaired) electrons. The Hall–Kier alpha value is -5.50. The predicted molar refractivity (Wildman–Crippen MR) is 180 cm³/mol. The number of nitrogens with zero attached hydrogens (tertiary/aromatic N) is 6. The van der Waals surface area contributed by atoms with Crippen LogP contribution in [0.2, 0.25) is 0 Å². The van der Waals surface area contributed by atoms with Crippen LogP contribution in [0.5, 0.6) is 0 Å². The summed E-state index contributed by atoms with van der Waals surface area (Å²) < 4.78 is 0. The normalized spacial score (nSPS) is 16.1. The van der Waals surface area contributed by atoms with Gasteiger partial charge in [0, 0.05) is 21.9 Å². The van der Waals surface area contributed by atoms with Gasteiger partial charge < -0.3 is 9.97 Å². The molecule has 2 unspecified atom stereocenters. The van der Waals surface area contributed by atoms with Crippen LogP contribution < -0.4 is 11.0 Å². The van der Waals surface area contributed by atoms with Gasteiger partial charge in [0.25, 0.3) is 0 Å². The van der Waals surface area contributed by atoms with Crippen LogP contribution in [-0.4, -0.2) is 39.9 Å². The minimum Gasteiger partial charge on any atom is -0.325 e. The van der Waals surface area contributed by atoms with E-state index in [9.17, 15) is 0 Å². The van der Waals surface area contributed by atoms with E-state index in [2.05, 4.69) is 43.2 Å². The first-order valence-corrected chi connectivity index (χ1v) is 14.8. The minimum atomic E-state index is -0.218. The second-order valence-corrected chi connectivity index (χ2v) is 9.81. The molecular weight excluding hydrogens is 544 g/mol. The summed E-state index contributed by atoms with van der Waals surface area (Å²) >= 11 is 0. The number of benzene rings is 2. The highest BCUT2D eigenvalue weighted by molar-refractivity contribution is 6.04. The van der Waals surface area contributed by atoms with Gasteiger partial charge in [-0.25, -0.2) is 29.9 Å². The van der Waals surface area contributed by atoms with E-state index in [0.29, 0.717) is 52.0 Å². The van der Waals surface area contributed by atoms with Crippen molar-refractivity contribution in [1.29, 1.82) is 0 Å². The van der Waals surface area contributed by atoms with Crippen LogP contribution in [-0.2, 0) is 0 Å². The molecule has 44 heavy (non-hydrogen) atoms. The van der Waals surface area contributed by atoms with Crippen molar-refractivity contribution in [3.8, 4) is 22.8 Å². The van der Waals surface area contributed by atoms with Crippen molar-refractivity contribution in [1.82, 2.24) is 39.9 Å². The SMILES string of the molecule is C=C/C=c1\nc2[nH]c(nc3nc(nc4nc(n/c(=C(\C=C)CC)[nH]1)-c1ccccc1-4)C(C=C)C3C=C)c1ccccc21.CC. The van der Waals surface area contributed by atoms with E-state index in [0.717, 1.165) is 27.5 Å². The number of H-pyrrole nitrogens is 2. The molecule has 4 heterocycles. The van der Waals surface area contributed by atoms with E-state index < -0.39 is 0 Å². The topological polar surface area (TPSA) is 109 Å². The number of fused-ring (bicyclic) bond motifs is 12. The van der Waals surface area contributed by atoms with E-state index >= 15 is 0 Å². The lowest BCUT2D eigenvalue weighted by atomic mass is 9.94. The van der Waals surface area contributed by atoms with Gasteiger partial charge in [-0.05, 0) is 18.1 Å². The summed E-state index contributed by atoms with van der Waals surface area (Å²) in [6.07, 6.45) is 9.64. The first-order valence-electron chi connectivity index (χ1n) is 14.8. The minimum absolute atomic E-state index is 0.211. The second-order valence-electron chi connectivity index (χ2n) is 9.81. The second kappa shape index (κ2) is 13.2. The van der Waals surface area contributed by atoms with Crippen molar-refractivity contribution in [2.45, 2.75) is 39.0 Å². The van der Waals surface area contributed by atoms with E-state index in [1.807, 2.05) is 74.5 Å². The van der Waals surface area contributed by atoms with Gasteiger partial charge in [-0.2, -0.15) is 0 Å². The van der Waals surface area contributed by atoms with Gasteiger partial charge in [0.15, 0.2) is 11.6 Å². The molecule has 4 aromatic rings. The summed E-state index contributed by atoms with van der Waals surface area (Å²) in [5, 5.41) is 1.83. The van der Waals surface area contributed by atoms with Crippen molar-refractivity contribution < 1.29 is 0 Å². The zero-order valence-corrected chi connectivity index (χ0v) is 25.4. The average molecular weight is 581 g/mol. The smallest absolute Gasteiger partial charge is 0.164 e. The van der Waals surface area contributed by atoms with Crippen LogP contribution in [0.3, 0.4) is 0 Å². The molecule has 2 aliphatic heterocycles. The van der Waals surface area contributed by atoms with Gasteiger partial charge in [-0.15, -0.1) is 13.2 Å². The molecule has 8 nitrogen and oxygen atoms in total. The van der Waals surface area contributed by atoms with Crippen molar-refractivity contribution in [3.05, 3.63) is 122 Å². The van der Waals surface area contributed by atoms with Gasteiger partial charge in [0.05, 0.1) is 11.8 Å². The number of rotatable bonds is 5. The summed E-state index contributed by atoms with van der Waals surface area (Å²) in [6, 6.07) is 15.9. The van der Waals surface area contributed by atoms with E-state index in [-0.39, 0.29) is 11.8 Å². The van der Waals surface area contributed by atoms with Crippen LogP contribution in [0.25, 0.3) is 56.5 Å². The third kappa shape index (κ3) is 5.49. The van der Waals surface area contributed by atoms with Gasteiger partial charge >= 0.3 is 0 Å². The fourth-order valence-corrected chi connectivity index (χ4v) is 5.25. The molecule has 0 aliphatic carbocycles. The van der Waals surface area contributed by atoms with Crippen molar-refractivity contribution in [3.63, 3.8) is 0 Å². The molecule has 2 atom stereocenters. The maximum Gasteiger partial charge on any atom is 0.164 e. The molecule has 2 aliphatic rings. The van der Waals surface area contributed by atoms with Crippen molar-refractivity contribution in [2.24, 2.45) is 0 Å². The van der Waals surface area contributed by atoms with E-state index in [4.69, 9.17) is 29.9 Å². The molecule has 6 rings (SSSR count). The maximum atomic E-state index is 5.02. The van der Waals surface area contributed by atoms with Gasteiger partial charge in [-0.1, -0.05) is 107 Å². The highest BCUT2D eigenvalue weighted by atomic mass is 15.1. The van der Waals surface area contributed by atoms with Crippen LogP contribution in [0.15, 0.2) is 99.2 Å². The summed E-state index contributed by atoms with van der Waals surface area (Å²) in [5.41, 5.74) is 5.03. The van der Waals surface area contributed by atoms with Crippen LogP contribution in [0.4, 0.5) is 0 Å². The average Bonchev–Trinajstić information content (AvgIpc) is 3.69. The Bertz CT molecular complexity index is 2080. The first kappa shape index (κ1) is 30.0. The lowest BCUT2D eigenvalue weighted by Gasteiger charge is -2.09. The Labute approximate surface area is 256 Å². The third-order valence-corrected chi connectivity index (χ3v) is 7.37. The number of aromatic nitrogens is 8. The maximum absolute atomic E-state index is 5.02. The Kier molecular flexibility index (Phi) is 9.00. The molecule has 0 saturated heterocycles. The number of aromatic amines is 2. The van der Waals surface area contributed by atoms with Gasteiger partial charge in [0.1, 0.15) is 33.9 Å². The Morgan fingerprint density at radius 1 is 0.705 bits per heavy atom. The predicted octanol–water partition coefficient (Wildman–Crippen LogP) is 6.77. The lowest BCUT2D eigenvalue weighted by molar-refractivity contribution is 0.744. The van der Waals surface area contributed by atoms with Crippen LogP contribution in [0, 0.1) is 0 Å². The standard InChI is InChI=1S/C34H30N8.C2H6/c1-6-15-27-35-28(20(7-2)8-3)37-32-25-18-13-14-19-26(25)34(42-32)40-30-22(10-5)21(9-4)29(38-30)39-33-24-17-12-11-16-23(24)31(36-27)41-33;1-2/h6-7,9-19,21-22,35H,1-2,4-5,8H2,3H3,(H,36,37,38,39,40,41,42);1-2H3/b27-15-,28-20+;. The lowest BCUT2D eigenvalue weighted by Crippen LogP contribution is -2.24. The number of allylic oxidation sites excluding steroid dienone is 4. The zero-order valence-electron chi connectivity index (χ0n) is 25.4. The molecule has 2 N–H and O–H groups in total. The van der Waals surface area contributed by atoms with E-state index in [1.165, 1.54) is 0 Å².